The Kier molecular flexibility index (Phi) is 11.0. The summed E-state index contributed by atoms with van der Waals surface area (Å²) in [6.45, 7) is 5.48. The predicted molar refractivity (Wildman–Crippen MR) is 154 cm³/mol. The van der Waals surface area contributed by atoms with E-state index in [2.05, 4.69) is 15.5 Å². The number of amidine groups is 1. The monoisotopic (exact) mass is 655 g/mol. The molecule has 3 rings (SSSR count). The smallest absolute Gasteiger partial charge is 0.490 e. The number of nitrogens with one attached hydrogen (secondary N) is 4. The highest BCUT2D eigenvalue weighted by Crippen LogP contribution is 2.34. The van der Waals surface area contributed by atoms with Gasteiger partial charge in [-0.25, -0.2) is 17.6 Å². The number of alkyl halides is 3. The maximum atomic E-state index is 13.5. The Morgan fingerprint density at radius 1 is 0.978 bits per heavy atom. The summed E-state index contributed by atoms with van der Waals surface area (Å²) in [7, 11) is -4.37. The molecule has 45 heavy (non-hydrogen) atoms. The molecule has 0 aliphatic rings. The van der Waals surface area contributed by atoms with Gasteiger partial charge in [0, 0.05) is 11.8 Å². The number of nitrogens with two attached hydrogens (primary N) is 1. The number of hydrazine groups is 1. The van der Waals surface area contributed by atoms with Crippen LogP contribution in [0.25, 0.3) is 0 Å². The van der Waals surface area contributed by atoms with Crippen LogP contribution < -0.4 is 35.5 Å². The van der Waals surface area contributed by atoms with Crippen LogP contribution in [0.5, 0.6) is 17.2 Å². The maximum absolute atomic E-state index is 13.5. The first-order chi connectivity index (χ1) is 21.0. The van der Waals surface area contributed by atoms with Crippen LogP contribution >= 0.6 is 0 Å². The minimum absolute atomic E-state index is 0.0908. The second-order valence-corrected chi connectivity index (χ2v) is 11.1. The van der Waals surface area contributed by atoms with E-state index in [-0.39, 0.29) is 40.2 Å². The number of esters is 1. The lowest BCUT2D eigenvalue weighted by atomic mass is 10.0. The van der Waals surface area contributed by atoms with Crippen LogP contribution in [-0.4, -0.2) is 45.0 Å². The van der Waals surface area contributed by atoms with Crippen molar-refractivity contribution in [2.45, 2.75) is 44.0 Å². The Morgan fingerprint density at radius 2 is 1.64 bits per heavy atom. The number of anilines is 1. The van der Waals surface area contributed by atoms with Crippen molar-refractivity contribution in [1.29, 1.82) is 5.41 Å². The van der Waals surface area contributed by atoms with Crippen LogP contribution in [0.2, 0.25) is 0 Å². The SMILES string of the molecule is CCOc1cc(C(Nc2ccc(C(=N)N)c(OC(=O)C(F)(F)F)c2)C(=O)NNS(=O)(=O)c2ccc(F)cc2)ccc1OC(C)C. The Bertz CT molecular complexity index is 1670. The quantitative estimate of drug-likeness (QED) is 0.0455. The molecule has 0 fully saturated rings. The molecule has 12 nitrogen and oxygen atoms in total. The van der Waals surface area contributed by atoms with Gasteiger partial charge < -0.3 is 25.3 Å². The van der Waals surface area contributed by atoms with Crippen LogP contribution in [0.3, 0.4) is 0 Å². The molecule has 242 valence electrons. The number of hydrogen-bond donors (Lipinski definition) is 5. The van der Waals surface area contributed by atoms with Gasteiger partial charge in [-0.15, -0.1) is 4.83 Å². The van der Waals surface area contributed by atoms with Crippen LogP contribution in [0.15, 0.2) is 65.6 Å². The fourth-order valence-corrected chi connectivity index (χ4v) is 4.58. The highest BCUT2D eigenvalue weighted by molar-refractivity contribution is 7.89. The second-order valence-electron chi connectivity index (χ2n) is 9.44. The number of halogens is 4. The number of carbonyl (C=O) groups is 2. The molecule has 0 heterocycles. The van der Waals surface area contributed by atoms with E-state index in [0.29, 0.717) is 5.75 Å². The summed E-state index contributed by atoms with van der Waals surface area (Å²) in [5.41, 5.74) is 7.23. The van der Waals surface area contributed by atoms with Gasteiger partial charge in [0.1, 0.15) is 23.4 Å². The lowest BCUT2D eigenvalue weighted by Gasteiger charge is -2.23. The van der Waals surface area contributed by atoms with Gasteiger partial charge in [-0.1, -0.05) is 6.07 Å². The standard InChI is InChI=1S/C28H29F4N5O7S/c1-4-42-23-13-16(5-12-21(23)43-15(2)3)24(26(38)36-37-45(40,41)19-9-6-17(29)7-10-19)35-18-8-11-20(25(33)34)22(14-18)44-27(39)28(30,31)32/h5-15,24,35,37H,4H2,1-3H3,(H3,33,34)(H,36,38). The molecule has 0 aliphatic heterocycles. The van der Waals surface area contributed by atoms with Gasteiger partial charge in [-0.05, 0) is 74.9 Å². The zero-order valence-electron chi connectivity index (χ0n) is 24.0. The Balaban J connectivity index is 2.03. The van der Waals surface area contributed by atoms with E-state index in [1.54, 1.807) is 20.8 Å². The molecule has 17 heteroatoms. The maximum Gasteiger partial charge on any atom is 0.491 e. The Labute approximate surface area is 255 Å². The fourth-order valence-electron chi connectivity index (χ4n) is 3.73. The largest absolute Gasteiger partial charge is 0.491 e. The molecule has 6 N–H and O–H groups in total. The van der Waals surface area contributed by atoms with E-state index in [1.807, 2.05) is 4.83 Å². The van der Waals surface area contributed by atoms with Crippen molar-refractivity contribution in [1.82, 2.24) is 10.3 Å². The molecule has 1 unspecified atom stereocenters. The second kappa shape index (κ2) is 14.3. The van der Waals surface area contributed by atoms with Crippen molar-refractivity contribution < 1.29 is 49.8 Å². The third kappa shape index (κ3) is 9.29. The molecule has 1 amide bonds. The normalized spacial score (nSPS) is 12.3. The molecule has 0 saturated heterocycles. The van der Waals surface area contributed by atoms with Crippen molar-refractivity contribution in [3.63, 3.8) is 0 Å². The summed E-state index contributed by atoms with van der Waals surface area (Å²) in [4.78, 5) is 26.5. The first-order valence-electron chi connectivity index (χ1n) is 13.1. The first kappa shape index (κ1) is 34.6. The van der Waals surface area contributed by atoms with Crippen LogP contribution in [-0.2, 0) is 19.6 Å². The number of nitrogen functional groups attached to an aromatic ring is 1. The summed E-state index contributed by atoms with van der Waals surface area (Å²) in [5, 5.41) is 10.4. The van der Waals surface area contributed by atoms with Crippen molar-refractivity contribution in [3.8, 4) is 17.2 Å². The highest BCUT2D eigenvalue weighted by Gasteiger charge is 2.42. The van der Waals surface area contributed by atoms with E-state index in [9.17, 15) is 35.6 Å². The minimum atomic E-state index is -5.36. The average Bonchev–Trinajstić information content (AvgIpc) is 2.95. The zero-order chi connectivity index (χ0) is 33.5. The van der Waals surface area contributed by atoms with E-state index >= 15 is 0 Å². The number of sulfonamides is 1. The molecular weight excluding hydrogens is 626 g/mol. The van der Waals surface area contributed by atoms with Gasteiger partial charge in [-0.3, -0.25) is 15.6 Å². The lowest BCUT2D eigenvalue weighted by Crippen LogP contribution is -2.45. The van der Waals surface area contributed by atoms with Gasteiger partial charge in [0.25, 0.3) is 15.9 Å². The van der Waals surface area contributed by atoms with Gasteiger partial charge in [0.2, 0.25) is 0 Å². The third-order valence-electron chi connectivity index (χ3n) is 5.68. The molecular formula is C28H29F4N5O7S. The van der Waals surface area contributed by atoms with Crippen molar-refractivity contribution >= 4 is 33.4 Å². The molecule has 1 atom stereocenters. The summed E-state index contributed by atoms with van der Waals surface area (Å²) < 4.78 is 93.3. The zero-order valence-corrected chi connectivity index (χ0v) is 24.8. The van der Waals surface area contributed by atoms with Crippen molar-refractivity contribution in [2.75, 3.05) is 11.9 Å². The summed E-state index contributed by atoms with van der Waals surface area (Å²) in [5.74, 6) is -5.16. The molecule has 0 aliphatic carbocycles. The molecule has 0 radical (unpaired) electrons. The van der Waals surface area contributed by atoms with Gasteiger partial charge >= 0.3 is 12.1 Å². The molecule has 0 saturated carbocycles. The van der Waals surface area contributed by atoms with E-state index in [1.165, 1.54) is 24.3 Å². The van der Waals surface area contributed by atoms with Gasteiger partial charge in [0.15, 0.2) is 11.5 Å². The van der Waals surface area contributed by atoms with Crippen molar-refractivity contribution in [3.05, 3.63) is 77.6 Å². The molecule has 3 aromatic carbocycles. The Morgan fingerprint density at radius 3 is 2.22 bits per heavy atom. The van der Waals surface area contributed by atoms with E-state index < -0.39 is 51.5 Å². The predicted octanol–water partition coefficient (Wildman–Crippen LogP) is 3.93. The first-order valence-corrected chi connectivity index (χ1v) is 14.5. The Hall–Kier alpha value is -4.90. The number of amides is 1. The van der Waals surface area contributed by atoms with E-state index in [0.717, 1.165) is 36.4 Å². The van der Waals surface area contributed by atoms with Crippen LogP contribution in [0.4, 0.5) is 23.2 Å². The lowest BCUT2D eigenvalue weighted by molar-refractivity contribution is -0.189. The van der Waals surface area contributed by atoms with Crippen molar-refractivity contribution in [2.24, 2.45) is 5.73 Å². The fraction of sp³-hybridized carbons (Fsp3) is 0.250. The van der Waals surface area contributed by atoms with Crippen LogP contribution in [0, 0.1) is 11.2 Å². The highest BCUT2D eigenvalue weighted by atomic mass is 32.2. The molecule has 0 aromatic heterocycles. The average molecular weight is 656 g/mol. The molecule has 0 spiro atoms. The number of ether oxygens (including phenoxy) is 3. The van der Waals surface area contributed by atoms with Gasteiger partial charge in [-0.2, -0.15) is 13.2 Å². The van der Waals surface area contributed by atoms with Gasteiger partial charge in [0.05, 0.1) is 23.2 Å². The number of benzene rings is 3. The number of hydrogen-bond acceptors (Lipinski definition) is 9. The summed E-state index contributed by atoms with van der Waals surface area (Å²) >= 11 is 0. The minimum Gasteiger partial charge on any atom is -0.490 e. The third-order valence-corrected chi connectivity index (χ3v) is 6.94. The number of carbonyl (C=O) groups excluding carboxylic acids is 2. The number of rotatable bonds is 13. The van der Waals surface area contributed by atoms with E-state index in [4.69, 9.17) is 20.6 Å². The molecule has 3 aromatic rings. The summed E-state index contributed by atoms with van der Waals surface area (Å²) in [6.07, 6.45) is -5.61. The summed E-state index contributed by atoms with van der Waals surface area (Å²) in [6, 6.07) is 9.91. The molecule has 0 bridgehead atoms. The van der Waals surface area contributed by atoms with Crippen LogP contribution in [0.1, 0.15) is 37.9 Å². The topological polar surface area (TPSA) is 182 Å².